The molecule has 0 aromatic carbocycles. The van der Waals surface area contributed by atoms with Crippen LogP contribution in [0.1, 0.15) is 40.0 Å². The van der Waals surface area contributed by atoms with Crippen LogP contribution >= 0.6 is 0 Å². The summed E-state index contributed by atoms with van der Waals surface area (Å²) in [6.45, 7) is 7.99. The van der Waals surface area contributed by atoms with E-state index in [1.807, 2.05) is 6.92 Å². The van der Waals surface area contributed by atoms with Gasteiger partial charge in [-0.25, -0.2) is 0 Å². The molecule has 0 radical (unpaired) electrons. The summed E-state index contributed by atoms with van der Waals surface area (Å²) in [7, 11) is 0. The summed E-state index contributed by atoms with van der Waals surface area (Å²) >= 11 is 0. The summed E-state index contributed by atoms with van der Waals surface area (Å²) in [6.07, 6.45) is 2.83. The average molecular weight is 171 g/mol. The fourth-order valence-corrected chi connectivity index (χ4v) is 1.23. The lowest BCUT2D eigenvalue weighted by atomic mass is 9.99. The van der Waals surface area contributed by atoms with Crippen LogP contribution in [0.3, 0.4) is 0 Å². The van der Waals surface area contributed by atoms with Crippen molar-refractivity contribution in [3.63, 3.8) is 0 Å². The molecule has 1 N–H and O–H groups in total. The maximum absolute atomic E-state index is 11.4. The molecule has 0 amide bonds. The molecule has 0 aromatic rings. The van der Waals surface area contributed by atoms with Gasteiger partial charge in [0.2, 0.25) is 0 Å². The van der Waals surface area contributed by atoms with Gasteiger partial charge in [0.1, 0.15) is 5.78 Å². The Bertz CT molecular complexity index is 123. The second kappa shape index (κ2) is 7.29. The number of hydrogen-bond donors (Lipinski definition) is 1. The third-order valence-corrected chi connectivity index (χ3v) is 2.07. The summed E-state index contributed by atoms with van der Waals surface area (Å²) in [5, 5.41) is 3.16. The molecule has 2 heteroatoms. The van der Waals surface area contributed by atoms with Crippen molar-refractivity contribution in [2.24, 2.45) is 5.92 Å². The molecule has 0 aliphatic heterocycles. The van der Waals surface area contributed by atoms with E-state index in [0.717, 1.165) is 25.9 Å². The Kier molecular flexibility index (Phi) is 7.06. The lowest BCUT2D eigenvalue weighted by molar-refractivity contribution is -0.122. The average Bonchev–Trinajstić information content (AvgIpc) is 2.05. The van der Waals surface area contributed by atoms with Gasteiger partial charge in [-0.1, -0.05) is 27.2 Å². The van der Waals surface area contributed by atoms with Crippen LogP contribution < -0.4 is 5.32 Å². The molecule has 0 bridgehead atoms. The molecular formula is C10H21NO. The van der Waals surface area contributed by atoms with Crippen molar-refractivity contribution >= 4 is 5.78 Å². The topological polar surface area (TPSA) is 29.1 Å². The Hall–Kier alpha value is -0.370. The number of nitrogens with one attached hydrogen (secondary N) is 1. The van der Waals surface area contributed by atoms with Crippen molar-refractivity contribution in [3.05, 3.63) is 0 Å². The fraction of sp³-hybridized carbons (Fsp3) is 0.900. The van der Waals surface area contributed by atoms with E-state index in [1.54, 1.807) is 0 Å². The molecule has 0 aliphatic carbocycles. The van der Waals surface area contributed by atoms with Crippen LogP contribution in [-0.2, 0) is 4.79 Å². The van der Waals surface area contributed by atoms with Crippen LogP contribution in [-0.4, -0.2) is 18.9 Å². The van der Waals surface area contributed by atoms with Crippen LogP contribution in [0.5, 0.6) is 0 Å². The highest BCUT2D eigenvalue weighted by atomic mass is 16.1. The third kappa shape index (κ3) is 5.30. The molecule has 0 fully saturated rings. The number of Topliss-reactive ketones (excluding diaryl/α,β-unsaturated/α-hetero) is 1. The van der Waals surface area contributed by atoms with Crippen molar-refractivity contribution in [2.75, 3.05) is 13.1 Å². The third-order valence-electron chi connectivity index (χ3n) is 2.07. The maximum atomic E-state index is 11.4. The number of rotatable bonds is 7. The zero-order valence-corrected chi connectivity index (χ0v) is 8.52. The molecule has 1 unspecified atom stereocenters. The first kappa shape index (κ1) is 11.6. The second-order valence-corrected chi connectivity index (χ2v) is 3.26. The Balaban J connectivity index is 3.43. The molecule has 0 aliphatic rings. The Labute approximate surface area is 75.7 Å². The molecule has 0 saturated carbocycles. The van der Waals surface area contributed by atoms with Crippen molar-refractivity contribution in [3.8, 4) is 0 Å². The standard InChI is InChI=1S/C10H21NO/c1-4-6-9(3)10(12)7-8-11-5-2/h9,11H,4-8H2,1-3H3. The van der Waals surface area contributed by atoms with Gasteiger partial charge >= 0.3 is 0 Å². The SMILES string of the molecule is CCCC(C)C(=O)CCNCC. The summed E-state index contributed by atoms with van der Waals surface area (Å²) in [6, 6.07) is 0. The largest absolute Gasteiger partial charge is 0.317 e. The van der Waals surface area contributed by atoms with Gasteiger partial charge in [0.05, 0.1) is 0 Å². The predicted molar refractivity (Wildman–Crippen MR) is 52.2 cm³/mol. The van der Waals surface area contributed by atoms with Gasteiger partial charge in [0.15, 0.2) is 0 Å². The molecule has 2 nitrogen and oxygen atoms in total. The van der Waals surface area contributed by atoms with Crippen molar-refractivity contribution in [1.29, 1.82) is 0 Å². The molecule has 0 heterocycles. The van der Waals surface area contributed by atoms with E-state index in [0.29, 0.717) is 12.2 Å². The van der Waals surface area contributed by atoms with Crippen LogP contribution in [0, 0.1) is 5.92 Å². The van der Waals surface area contributed by atoms with Crippen LogP contribution in [0.4, 0.5) is 0 Å². The monoisotopic (exact) mass is 171 g/mol. The fourth-order valence-electron chi connectivity index (χ4n) is 1.23. The lowest BCUT2D eigenvalue weighted by Gasteiger charge is -2.08. The first-order valence-corrected chi connectivity index (χ1v) is 4.95. The number of hydrogen-bond acceptors (Lipinski definition) is 2. The molecule has 0 aromatic heterocycles. The zero-order valence-electron chi connectivity index (χ0n) is 8.52. The number of carbonyl (C=O) groups is 1. The first-order valence-electron chi connectivity index (χ1n) is 4.95. The highest BCUT2D eigenvalue weighted by molar-refractivity contribution is 5.80. The Morgan fingerprint density at radius 3 is 2.58 bits per heavy atom. The van der Waals surface area contributed by atoms with E-state index >= 15 is 0 Å². The van der Waals surface area contributed by atoms with Crippen molar-refractivity contribution in [1.82, 2.24) is 5.32 Å². The van der Waals surface area contributed by atoms with Crippen molar-refractivity contribution < 1.29 is 4.79 Å². The molecular weight excluding hydrogens is 150 g/mol. The summed E-state index contributed by atoms with van der Waals surface area (Å²) in [5.74, 6) is 0.659. The minimum absolute atomic E-state index is 0.258. The summed E-state index contributed by atoms with van der Waals surface area (Å²) in [5.41, 5.74) is 0. The van der Waals surface area contributed by atoms with Gasteiger partial charge in [0, 0.05) is 18.9 Å². The minimum Gasteiger partial charge on any atom is -0.317 e. The molecule has 0 spiro atoms. The number of carbonyl (C=O) groups excluding carboxylic acids is 1. The van der Waals surface area contributed by atoms with E-state index in [-0.39, 0.29) is 5.92 Å². The van der Waals surface area contributed by atoms with Crippen LogP contribution in [0.2, 0.25) is 0 Å². The smallest absolute Gasteiger partial charge is 0.136 e. The van der Waals surface area contributed by atoms with E-state index in [1.165, 1.54) is 0 Å². The van der Waals surface area contributed by atoms with Gasteiger partial charge in [-0.3, -0.25) is 4.79 Å². The van der Waals surface area contributed by atoms with Gasteiger partial charge in [0.25, 0.3) is 0 Å². The Morgan fingerprint density at radius 1 is 1.42 bits per heavy atom. The van der Waals surface area contributed by atoms with E-state index < -0.39 is 0 Å². The zero-order chi connectivity index (χ0) is 9.40. The Morgan fingerprint density at radius 2 is 2.08 bits per heavy atom. The van der Waals surface area contributed by atoms with Gasteiger partial charge < -0.3 is 5.32 Å². The summed E-state index contributed by atoms with van der Waals surface area (Å²) < 4.78 is 0. The van der Waals surface area contributed by atoms with E-state index in [2.05, 4.69) is 19.2 Å². The molecule has 12 heavy (non-hydrogen) atoms. The number of ketones is 1. The highest BCUT2D eigenvalue weighted by Gasteiger charge is 2.10. The van der Waals surface area contributed by atoms with Crippen LogP contribution in [0.15, 0.2) is 0 Å². The summed E-state index contributed by atoms with van der Waals surface area (Å²) in [4.78, 5) is 11.4. The molecule has 1 atom stereocenters. The minimum atomic E-state index is 0.258. The van der Waals surface area contributed by atoms with Gasteiger partial charge in [-0.15, -0.1) is 0 Å². The lowest BCUT2D eigenvalue weighted by Crippen LogP contribution is -2.20. The first-order chi connectivity index (χ1) is 5.72. The van der Waals surface area contributed by atoms with E-state index in [9.17, 15) is 4.79 Å². The second-order valence-electron chi connectivity index (χ2n) is 3.26. The van der Waals surface area contributed by atoms with Gasteiger partial charge in [-0.2, -0.15) is 0 Å². The predicted octanol–water partition coefficient (Wildman–Crippen LogP) is 1.99. The van der Waals surface area contributed by atoms with Crippen molar-refractivity contribution in [2.45, 2.75) is 40.0 Å². The quantitative estimate of drug-likeness (QED) is 0.593. The highest BCUT2D eigenvalue weighted by Crippen LogP contribution is 2.07. The molecule has 0 rings (SSSR count). The molecule has 72 valence electrons. The van der Waals surface area contributed by atoms with Gasteiger partial charge in [-0.05, 0) is 13.0 Å². The molecule has 0 saturated heterocycles. The van der Waals surface area contributed by atoms with E-state index in [4.69, 9.17) is 0 Å². The van der Waals surface area contributed by atoms with Crippen LogP contribution in [0.25, 0.3) is 0 Å². The maximum Gasteiger partial charge on any atom is 0.136 e. The normalized spacial score (nSPS) is 12.9.